The van der Waals surface area contributed by atoms with E-state index in [2.05, 4.69) is 37.4 Å². The summed E-state index contributed by atoms with van der Waals surface area (Å²) in [5, 5.41) is 2.87. The van der Waals surface area contributed by atoms with Crippen molar-refractivity contribution in [3.8, 4) is 0 Å². The van der Waals surface area contributed by atoms with Gasteiger partial charge in [-0.15, -0.1) is 0 Å². The molecule has 0 aliphatic carbocycles. The van der Waals surface area contributed by atoms with Crippen molar-refractivity contribution in [2.24, 2.45) is 0 Å². The first-order valence-corrected chi connectivity index (χ1v) is 12.2. The Kier molecular flexibility index (Phi) is 10.1. The third-order valence-corrected chi connectivity index (χ3v) is 5.15. The third kappa shape index (κ3) is 10.5. The van der Waals surface area contributed by atoms with Crippen molar-refractivity contribution in [2.75, 3.05) is 11.1 Å². The van der Waals surface area contributed by atoms with Crippen molar-refractivity contribution >= 4 is 57.8 Å². The Morgan fingerprint density at radius 3 is 1.68 bits per heavy atom. The van der Waals surface area contributed by atoms with Gasteiger partial charge in [-0.1, -0.05) is 17.7 Å². The average molecular weight is 624 g/mol. The molecule has 198 valence electrons. The van der Waals surface area contributed by atoms with E-state index in [0.717, 1.165) is 16.9 Å². The van der Waals surface area contributed by atoms with E-state index in [9.17, 15) is 19.2 Å². The third-order valence-electron chi connectivity index (χ3n) is 4.43. The molecule has 2 aromatic rings. The number of cyclic esters (lactones) is 4. The van der Waals surface area contributed by atoms with Crippen LogP contribution in [-0.2, 0) is 38.1 Å². The molecule has 2 saturated heterocycles. The molecule has 0 aromatic heterocycles. The predicted octanol–water partition coefficient (Wildman–Crippen LogP) is 4.21. The number of anilines is 2. The lowest BCUT2D eigenvalue weighted by molar-refractivity contribution is -0.231. The summed E-state index contributed by atoms with van der Waals surface area (Å²) >= 11 is 2.24. The number of hydrogen-bond acceptors (Lipinski definition) is 10. The van der Waals surface area contributed by atoms with Crippen molar-refractivity contribution in [1.29, 1.82) is 0 Å². The highest BCUT2D eigenvalue weighted by molar-refractivity contribution is 14.1. The van der Waals surface area contributed by atoms with Crippen LogP contribution in [0.15, 0.2) is 60.3 Å². The fourth-order valence-corrected chi connectivity index (χ4v) is 3.17. The minimum Gasteiger partial charge on any atom is -0.423 e. The summed E-state index contributed by atoms with van der Waals surface area (Å²) in [6, 6.07) is 15.3. The Balaban J connectivity index is 0.000000223. The number of ether oxygens (including phenoxy) is 4. The van der Waals surface area contributed by atoms with Crippen LogP contribution in [0.25, 0.3) is 0 Å². The maximum absolute atomic E-state index is 11.7. The van der Waals surface area contributed by atoms with Gasteiger partial charge < -0.3 is 30.0 Å². The van der Waals surface area contributed by atoms with Gasteiger partial charge in [0.25, 0.3) is 11.6 Å². The van der Waals surface area contributed by atoms with Gasteiger partial charge >= 0.3 is 23.9 Å². The molecule has 3 N–H and O–H groups in total. The van der Waals surface area contributed by atoms with Crippen molar-refractivity contribution in [1.82, 2.24) is 0 Å². The zero-order chi connectivity index (χ0) is 27.8. The van der Waals surface area contributed by atoms with Gasteiger partial charge in [0.05, 0.1) is 0 Å². The maximum Gasteiger partial charge on any atom is 0.350 e. The lowest BCUT2D eigenvalue weighted by Gasteiger charge is -2.29. The van der Waals surface area contributed by atoms with E-state index in [-0.39, 0.29) is 12.0 Å². The summed E-state index contributed by atoms with van der Waals surface area (Å²) in [4.78, 5) is 44.5. The number of carbonyl (C=O) groups is 4. The van der Waals surface area contributed by atoms with Crippen LogP contribution in [0.1, 0.15) is 39.7 Å². The number of hydrogen-bond donors (Lipinski definition) is 2. The molecule has 0 unspecified atom stereocenters. The molecule has 2 aromatic carbocycles. The van der Waals surface area contributed by atoms with Crippen molar-refractivity contribution in [2.45, 2.75) is 52.6 Å². The molecule has 2 fully saturated rings. The van der Waals surface area contributed by atoms with Crippen LogP contribution in [-0.4, -0.2) is 35.5 Å². The number of aryl methyl sites for hydroxylation is 1. The quantitative estimate of drug-likeness (QED) is 0.125. The SMILES string of the molecule is CC1(C)OC(=O)CC(=O)O1.Cc1ccc(NC=C2C(=O)OC(C)(C)OC2=O)cc1.Nc1ccc(I)cc1. The van der Waals surface area contributed by atoms with Crippen LogP contribution in [0.4, 0.5) is 11.4 Å². The van der Waals surface area contributed by atoms with E-state index in [4.69, 9.17) is 15.2 Å². The van der Waals surface area contributed by atoms with Gasteiger partial charge in [-0.05, 0) is 65.9 Å². The molecule has 0 amide bonds. The summed E-state index contributed by atoms with van der Waals surface area (Å²) < 4.78 is 20.5. The molecule has 0 radical (unpaired) electrons. The van der Waals surface area contributed by atoms with Gasteiger partial charge in [0.2, 0.25) is 0 Å². The van der Waals surface area contributed by atoms with Gasteiger partial charge in [0.15, 0.2) is 5.57 Å². The molecule has 0 spiro atoms. The minimum atomic E-state index is -1.21. The van der Waals surface area contributed by atoms with Crippen molar-refractivity contribution in [3.63, 3.8) is 0 Å². The van der Waals surface area contributed by atoms with E-state index >= 15 is 0 Å². The fourth-order valence-electron chi connectivity index (χ4n) is 2.81. The van der Waals surface area contributed by atoms with Gasteiger partial charge in [-0.2, -0.15) is 0 Å². The van der Waals surface area contributed by atoms with E-state index in [1.54, 1.807) is 0 Å². The summed E-state index contributed by atoms with van der Waals surface area (Å²) in [6.45, 7) is 8.02. The van der Waals surface area contributed by atoms with Crippen LogP contribution in [0.2, 0.25) is 0 Å². The molecule has 37 heavy (non-hydrogen) atoms. The normalized spacial score (nSPS) is 17.3. The highest BCUT2D eigenvalue weighted by Crippen LogP contribution is 2.23. The monoisotopic (exact) mass is 624 g/mol. The Labute approximate surface area is 228 Å². The average Bonchev–Trinajstić information content (AvgIpc) is 2.75. The van der Waals surface area contributed by atoms with Crippen molar-refractivity contribution in [3.05, 3.63) is 69.4 Å². The second-order valence-electron chi connectivity index (χ2n) is 8.82. The number of halogens is 1. The predicted molar refractivity (Wildman–Crippen MR) is 144 cm³/mol. The second-order valence-corrected chi connectivity index (χ2v) is 10.1. The van der Waals surface area contributed by atoms with Crippen LogP contribution >= 0.6 is 22.6 Å². The molecule has 10 nitrogen and oxygen atoms in total. The first kappa shape index (κ1) is 29.6. The molecule has 0 atom stereocenters. The van der Waals surface area contributed by atoms with E-state index in [1.165, 1.54) is 37.5 Å². The molecular formula is C26H29IN2O8. The number of nitrogen functional groups attached to an aromatic ring is 1. The highest BCUT2D eigenvalue weighted by Gasteiger charge is 2.39. The zero-order valence-electron chi connectivity index (χ0n) is 21.1. The molecule has 2 aliphatic rings. The van der Waals surface area contributed by atoms with Crippen LogP contribution < -0.4 is 11.1 Å². The van der Waals surface area contributed by atoms with Crippen molar-refractivity contribution < 1.29 is 38.1 Å². The lowest BCUT2D eigenvalue weighted by Crippen LogP contribution is -2.42. The zero-order valence-corrected chi connectivity index (χ0v) is 23.3. The number of rotatable bonds is 2. The Morgan fingerprint density at radius 1 is 0.784 bits per heavy atom. The van der Waals surface area contributed by atoms with Gasteiger partial charge in [0, 0.05) is 48.8 Å². The standard InChI is InChI=1S/C14H15NO4.C6H6IN.C6H8O4/c1-9-4-6-10(7-5-9)15-8-11-12(16)18-14(2,3)19-13(11)17;7-5-1-3-6(8)4-2-5;1-6(2)9-4(7)3-5(8)10-6/h4-8,15H,1-3H3;1-4H,8H2;3H2,1-2H3. The van der Waals surface area contributed by atoms with Gasteiger partial charge in [-0.25, -0.2) is 9.59 Å². The number of esters is 4. The Hall–Kier alpha value is -3.61. The first-order valence-electron chi connectivity index (χ1n) is 11.1. The topological polar surface area (TPSA) is 143 Å². The molecule has 2 aliphatic heterocycles. The number of carbonyl (C=O) groups excluding carboxylic acids is 4. The Bertz CT molecular complexity index is 1110. The fraction of sp³-hybridized carbons (Fsp3) is 0.308. The molecule has 0 saturated carbocycles. The lowest BCUT2D eigenvalue weighted by atomic mass is 10.2. The van der Waals surface area contributed by atoms with E-state index in [0.29, 0.717) is 0 Å². The Morgan fingerprint density at radius 2 is 1.24 bits per heavy atom. The summed E-state index contributed by atoms with van der Waals surface area (Å²) in [6.07, 6.45) is 1.02. The molecule has 0 bridgehead atoms. The smallest absolute Gasteiger partial charge is 0.350 e. The number of benzene rings is 2. The molecule has 2 heterocycles. The minimum absolute atomic E-state index is 0.153. The number of nitrogens with two attached hydrogens (primary N) is 1. The molecule has 4 rings (SSSR count). The summed E-state index contributed by atoms with van der Waals surface area (Å²) in [5.74, 6) is -4.73. The second kappa shape index (κ2) is 12.6. The highest BCUT2D eigenvalue weighted by atomic mass is 127. The van der Waals surface area contributed by atoms with Crippen LogP contribution in [0.3, 0.4) is 0 Å². The molecular weight excluding hydrogens is 595 g/mol. The van der Waals surface area contributed by atoms with Crippen LogP contribution in [0, 0.1) is 10.5 Å². The summed E-state index contributed by atoms with van der Waals surface area (Å²) in [7, 11) is 0. The first-order chi connectivity index (χ1) is 17.2. The number of nitrogens with one attached hydrogen (secondary N) is 1. The van der Waals surface area contributed by atoms with Gasteiger partial charge in [0.1, 0.15) is 6.42 Å². The van der Waals surface area contributed by atoms with Gasteiger partial charge in [-0.3, -0.25) is 9.59 Å². The maximum atomic E-state index is 11.7. The van der Waals surface area contributed by atoms with E-state index < -0.39 is 35.5 Å². The molecule has 11 heteroatoms. The summed E-state index contributed by atoms with van der Waals surface area (Å²) in [5.41, 5.74) is 7.98. The largest absolute Gasteiger partial charge is 0.423 e. The van der Waals surface area contributed by atoms with Crippen LogP contribution in [0.5, 0.6) is 0 Å². The van der Waals surface area contributed by atoms with E-state index in [1.807, 2.05) is 55.5 Å².